The van der Waals surface area contributed by atoms with E-state index in [1.807, 2.05) is 0 Å². The second-order valence-corrected chi connectivity index (χ2v) is 5.05. The highest BCUT2D eigenvalue weighted by molar-refractivity contribution is 6.37. The Morgan fingerprint density at radius 2 is 2.24 bits per heavy atom. The minimum atomic E-state index is -1.64. The summed E-state index contributed by atoms with van der Waals surface area (Å²) in [5.74, 6) is 0. The van der Waals surface area contributed by atoms with Gasteiger partial charge in [0.15, 0.2) is 0 Å². The smallest absolute Gasteiger partial charge is 0.137 e. The minimum Gasteiger partial charge on any atom is -0.382 e. The van der Waals surface area contributed by atoms with Crippen LogP contribution < -0.4 is 0 Å². The highest BCUT2D eigenvalue weighted by Gasteiger charge is 2.47. The Morgan fingerprint density at radius 3 is 2.65 bits per heavy atom. The summed E-state index contributed by atoms with van der Waals surface area (Å²) in [5.41, 5.74) is -1.70. The van der Waals surface area contributed by atoms with Crippen molar-refractivity contribution in [1.29, 1.82) is 0 Å². The third-order valence-electron chi connectivity index (χ3n) is 2.80. The number of halogens is 3. The van der Waals surface area contributed by atoms with Crippen LogP contribution in [0, 0.1) is 5.41 Å². The molecule has 1 aromatic rings. The van der Waals surface area contributed by atoms with Crippen LogP contribution in [0.3, 0.4) is 0 Å². The summed E-state index contributed by atoms with van der Waals surface area (Å²) in [4.78, 5) is 3.75. The number of aromatic nitrogens is 3. The first-order chi connectivity index (χ1) is 7.87. The maximum Gasteiger partial charge on any atom is 0.137 e. The fraction of sp³-hybridized carbons (Fsp3) is 0.600. The van der Waals surface area contributed by atoms with Crippen LogP contribution in [0.25, 0.3) is 0 Å². The van der Waals surface area contributed by atoms with Crippen LogP contribution in [-0.4, -0.2) is 32.1 Å². The molecular formula is C10H14Cl2FN3O. The van der Waals surface area contributed by atoms with Crippen molar-refractivity contribution in [3.63, 3.8) is 0 Å². The Balaban J connectivity index is 3.11. The predicted molar refractivity (Wildman–Crippen MR) is 64.5 cm³/mol. The van der Waals surface area contributed by atoms with E-state index in [2.05, 4.69) is 10.1 Å². The monoisotopic (exact) mass is 281 g/mol. The molecule has 0 saturated heterocycles. The Morgan fingerprint density at radius 1 is 1.59 bits per heavy atom. The lowest BCUT2D eigenvalue weighted by Gasteiger charge is -2.40. The molecule has 17 heavy (non-hydrogen) atoms. The third kappa shape index (κ3) is 2.78. The average Bonchev–Trinajstić information content (AvgIpc) is 2.80. The third-order valence-corrected chi connectivity index (χ3v) is 3.55. The molecule has 0 saturated carbocycles. The van der Waals surface area contributed by atoms with Crippen molar-refractivity contribution in [2.24, 2.45) is 5.41 Å². The maximum absolute atomic E-state index is 13.1. The number of alkyl halides is 1. The first-order valence-electron chi connectivity index (χ1n) is 4.94. The Bertz CT molecular complexity index is 394. The van der Waals surface area contributed by atoms with E-state index in [4.69, 9.17) is 23.2 Å². The molecule has 0 aliphatic carbocycles. The fourth-order valence-electron chi connectivity index (χ4n) is 1.36. The molecule has 1 rings (SSSR count). The summed E-state index contributed by atoms with van der Waals surface area (Å²) in [6.45, 7) is 2.35. The van der Waals surface area contributed by atoms with Gasteiger partial charge in [-0.2, -0.15) is 5.10 Å². The molecule has 1 heterocycles. The lowest BCUT2D eigenvalue weighted by atomic mass is 9.75. The molecule has 0 aliphatic heterocycles. The van der Waals surface area contributed by atoms with E-state index in [1.54, 1.807) is 13.8 Å². The molecule has 0 fully saturated rings. The molecule has 0 aromatic carbocycles. The van der Waals surface area contributed by atoms with E-state index >= 15 is 0 Å². The predicted octanol–water partition coefficient (Wildman–Crippen LogP) is 2.32. The molecule has 0 spiro atoms. The van der Waals surface area contributed by atoms with Gasteiger partial charge in [-0.25, -0.2) is 9.67 Å². The molecule has 4 nitrogen and oxygen atoms in total. The van der Waals surface area contributed by atoms with Gasteiger partial charge in [0, 0.05) is 11.0 Å². The van der Waals surface area contributed by atoms with Gasteiger partial charge in [0.1, 0.15) is 18.3 Å². The second-order valence-electron chi connectivity index (χ2n) is 4.43. The lowest BCUT2D eigenvalue weighted by molar-refractivity contribution is -0.0555. The van der Waals surface area contributed by atoms with Crippen molar-refractivity contribution >= 4 is 23.2 Å². The lowest BCUT2D eigenvalue weighted by Crippen LogP contribution is -2.50. The average molecular weight is 282 g/mol. The summed E-state index contributed by atoms with van der Waals surface area (Å²) < 4.78 is 14.4. The first-order valence-corrected chi connectivity index (χ1v) is 5.76. The van der Waals surface area contributed by atoms with Gasteiger partial charge in [-0.05, 0) is 0 Å². The molecule has 1 unspecified atom stereocenters. The van der Waals surface area contributed by atoms with Gasteiger partial charge in [-0.3, -0.25) is 4.39 Å². The molecule has 0 bridgehead atoms. The summed E-state index contributed by atoms with van der Waals surface area (Å²) in [6, 6.07) is 0. The molecule has 1 aromatic heterocycles. The molecule has 0 radical (unpaired) electrons. The number of aliphatic hydroxyl groups is 1. The van der Waals surface area contributed by atoms with E-state index in [1.165, 1.54) is 17.3 Å². The molecule has 0 aliphatic rings. The van der Waals surface area contributed by atoms with Crippen molar-refractivity contribution < 1.29 is 9.50 Å². The van der Waals surface area contributed by atoms with Gasteiger partial charge >= 0.3 is 0 Å². The van der Waals surface area contributed by atoms with Gasteiger partial charge in [-0.15, -0.1) is 0 Å². The molecular weight excluding hydrogens is 268 g/mol. The molecule has 1 atom stereocenters. The summed E-state index contributed by atoms with van der Waals surface area (Å²) >= 11 is 11.4. The number of hydrogen-bond acceptors (Lipinski definition) is 3. The SMILES string of the molecule is CC(C)(CF)C(O)(Cn1cncn1)/C(Cl)=C/Cl. The Kier molecular flexibility index (Phi) is 4.52. The first kappa shape index (κ1) is 14.4. The van der Waals surface area contributed by atoms with Gasteiger partial charge in [0.05, 0.1) is 18.3 Å². The fourth-order valence-corrected chi connectivity index (χ4v) is 1.86. The van der Waals surface area contributed by atoms with Crippen molar-refractivity contribution in [1.82, 2.24) is 14.8 Å². The normalized spacial score (nSPS) is 16.9. The number of nitrogens with zero attached hydrogens (tertiary/aromatic N) is 3. The summed E-state index contributed by atoms with van der Waals surface area (Å²) in [6.07, 6.45) is 2.73. The van der Waals surface area contributed by atoms with Gasteiger partial charge in [0.25, 0.3) is 0 Å². The van der Waals surface area contributed by atoms with E-state index in [9.17, 15) is 9.50 Å². The molecule has 96 valence electrons. The van der Waals surface area contributed by atoms with Crippen LogP contribution in [0.1, 0.15) is 13.8 Å². The van der Waals surface area contributed by atoms with Gasteiger partial charge < -0.3 is 5.11 Å². The Labute approximate surface area is 109 Å². The van der Waals surface area contributed by atoms with Crippen molar-refractivity contribution in [3.05, 3.63) is 23.2 Å². The molecule has 1 N–H and O–H groups in total. The second kappa shape index (κ2) is 5.33. The van der Waals surface area contributed by atoms with Crippen LogP contribution in [0.15, 0.2) is 23.2 Å². The van der Waals surface area contributed by atoms with E-state index in [0.29, 0.717) is 0 Å². The van der Waals surface area contributed by atoms with Crippen LogP contribution in [0.5, 0.6) is 0 Å². The molecule has 7 heteroatoms. The van der Waals surface area contributed by atoms with Gasteiger partial charge in [-0.1, -0.05) is 37.0 Å². The maximum atomic E-state index is 13.1. The van der Waals surface area contributed by atoms with Crippen molar-refractivity contribution in [3.8, 4) is 0 Å². The van der Waals surface area contributed by atoms with Crippen molar-refractivity contribution in [2.45, 2.75) is 26.0 Å². The topological polar surface area (TPSA) is 50.9 Å². The van der Waals surface area contributed by atoms with Crippen LogP contribution in [-0.2, 0) is 6.54 Å². The highest BCUT2D eigenvalue weighted by Crippen LogP contribution is 2.40. The van der Waals surface area contributed by atoms with E-state index < -0.39 is 17.7 Å². The summed E-state index contributed by atoms with van der Waals surface area (Å²) in [5, 5.41) is 14.4. The molecule has 0 amide bonds. The zero-order chi connectivity index (χ0) is 13.1. The summed E-state index contributed by atoms with van der Waals surface area (Å²) in [7, 11) is 0. The van der Waals surface area contributed by atoms with E-state index in [0.717, 1.165) is 5.54 Å². The number of hydrogen-bond donors (Lipinski definition) is 1. The zero-order valence-corrected chi connectivity index (χ0v) is 11.1. The van der Waals surface area contributed by atoms with Crippen molar-refractivity contribution in [2.75, 3.05) is 6.67 Å². The Hall–Kier alpha value is -0.650. The standard InChI is InChI=1S/C10H14Cl2FN3O/c1-9(2,4-13)10(17,8(12)3-11)5-16-7-14-6-15-16/h3,6-7,17H,4-5H2,1-2H3/b8-3-. The zero-order valence-electron chi connectivity index (χ0n) is 9.57. The largest absolute Gasteiger partial charge is 0.382 e. The quantitative estimate of drug-likeness (QED) is 0.901. The van der Waals surface area contributed by atoms with Crippen LogP contribution in [0.4, 0.5) is 4.39 Å². The van der Waals surface area contributed by atoms with Crippen LogP contribution >= 0.6 is 23.2 Å². The number of rotatable bonds is 5. The minimum absolute atomic E-state index is 0.0219. The van der Waals surface area contributed by atoms with E-state index in [-0.39, 0.29) is 11.6 Å². The van der Waals surface area contributed by atoms with Gasteiger partial charge in [0.2, 0.25) is 0 Å². The highest BCUT2D eigenvalue weighted by atomic mass is 35.5. The van der Waals surface area contributed by atoms with Crippen LogP contribution in [0.2, 0.25) is 0 Å².